The van der Waals surface area contributed by atoms with Crippen LogP contribution < -0.4 is 0 Å². The van der Waals surface area contributed by atoms with Crippen molar-refractivity contribution in [1.82, 2.24) is 24.6 Å². The van der Waals surface area contributed by atoms with Crippen LogP contribution in [0, 0.1) is 0 Å². The predicted octanol–water partition coefficient (Wildman–Crippen LogP) is 1.96. The third kappa shape index (κ3) is 2.04. The largest absolute Gasteiger partial charge is 0.266 e. The summed E-state index contributed by atoms with van der Waals surface area (Å²) in [6, 6.07) is 3.97. The van der Waals surface area contributed by atoms with Gasteiger partial charge in [-0.2, -0.15) is 0 Å². The van der Waals surface area contributed by atoms with Gasteiger partial charge in [-0.05, 0) is 18.1 Å². The molecule has 0 aromatic carbocycles. The van der Waals surface area contributed by atoms with Crippen LogP contribution in [-0.2, 0) is 12.8 Å². The average molecular weight is 260 g/mol. The van der Waals surface area contributed by atoms with Crippen molar-refractivity contribution < 1.29 is 0 Å². The van der Waals surface area contributed by atoms with E-state index < -0.39 is 0 Å². The quantitative estimate of drug-likeness (QED) is 0.722. The van der Waals surface area contributed by atoms with Gasteiger partial charge in [-0.25, -0.2) is 0 Å². The second-order valence-corrected chi connectivity index (χ2v) is 4.29. The minimum Gasteiger partial charge on any atom is -0.266 e. The molecule has 0 saturated carbocycles. The molecule has 0 radical (unpaired) electrons. The molecular weight excluding hydrogens is 250 g/mol. The fraction of sp³-hybridized carbons (Fsp3) is 0.167. The van der Waals surface area contributed by atoms with Crippen LogP contribution in [0.3, 0.4) is 0 Å². The summed E-state index contributed by atoms with van der Waals surface area (Å²) in [6.45, 7) is 0. The Morgan fingerprint density at radius 1 is 1.06 bits per heavy atom. The first-order valence-electron chi connectivity index (χ1n) is 5.57. The number of aromatic nitrogens is 5. The van der Waals surface area contributed by atoms with E-state index in [2.05, 4.69) is 20.2 Å². The van der Waals surface area contributed by atoms with Gasteiger partial charge in [-0.3, -0.25) is 14.4 Å². The van der Waals surface area contributed by atoms with Crippen molar-refractivity contribution >= 4 is 17.2 Å². The zero-order chi connectivity index (χ0) is 12.4. The second-order valence-electron chi connectivity index (χ2n) is 3.90. The topological polar surface area (TPSA) is 56.0 Å². The Kier molecular flexibility index (Phi) is 2.90. The molecule has 18 heavy (non-hydrogen) atoms. The Bertz CT molecular complexity index is 665. The highest BCUT2D eigenvalue weighted by Crippen LogP contribution is 2.13. The maximum absolute atomic E-state index is 6.09. The van der Waals surface area contributed by atoms with E-state index in [4.69, 9.17) is 11.6 Å². The summed E-state index contributed by atoms with van der Waals surface area (Å²) in [5.74, 6) is 0.834. The van der Waals surface area contributed by atoms with Gasteiger partial charge >= 0.3 is 0 Å². The summed E-state index contributed by atoms with van der Waals surface area (Å²) in [4.78, 5) is 8.06. The Labute approximate surface area is 108 Å². The Hall–Kier alpha value is -2.01. The number of fused-ring (bicyclic) bond motifs is 1. The zero-order valence-electron chi connectivity index (χ0n) is 9.49. The molecule has 0 unspecified atom stereocenters. The fourth-order valence-corrected chi connectivity index (χ4v) is 2.07. The SMILES string of the molecule is Clc1cncc2nnc(CCc3cccnc3)n12. The van der Waals surface area contributed by atoms with Crippen LogP contribution in [0.15, 0.2) is 36.9 Å². The van der Waals surface area contributed by atoms with Gasteiger partial charge in [0.2, 0.25) is 0 Å². The molecule has 0 amide bonds. The molecule has 3 rings (SSSR count). The smallest absolute Gasteiger partial charge is 0.180 e. The van der Waals surface area contributed by atoms with Crippen LogP contribution in [0.25, 0.3) is 5.65 Å². The average Bonchev–Trinajstić information content (AvgIpc) is 2.82. The number of hydrogen-bond acceptors (Lipinski definition) is 4. The number of pyridine rings is 1. The van der Waals surface area contributed by atoms with Crippen LogP contribution in [-0.4, -0.2) is 24.6 Å². The van der Waals surface area contributed by atoms with Crippen molar-refractivity contribution in [2.45, 2.75) is 12.8 Å². The summed E-state index contributed by atoms with van der Waals surface area (Å²) in [5, 5.41) is 8.71. The number of halogens is 1. The predicted molar refractivity (Wildman–Crippen MR) is 67.4 cm³/mol. The summed E-state index contributed by atoms with van der Waals surface area (Å²) >= 11 is 6.09. The van der Waals surface area contributed by atoms with Crippen LogP contribution >= 0.6 is 11.6 Å². The van der Waals surface area contributed by atoms with Crippen molar-refractivity contribution in [2.75, 3.05) is 0 Å². The highest BCUT2D eigenvalue weighted by Gasteiger charge is 2.08. The van der Waals surface area contributed by atoms with Gasteiger partial charge in [-0.15, -0.1) is 10.2 Å². The minimum atomic E-state index is 0.527. The van der Waals surface area contributed by atoms with Crippen molar-refractivity contribution in [2.24, 2.45) is 0 Å². The molecule has 3 aromatic rings. The lowest BCUT2D eigenvalue weighted by molar-refractivity contribution is 0.835. The highest BCUT2D eigenvalue weighted by molar-refractivity contribution is 6.29. The molecule has 0 aliphatic rings. The maximum Gasteiger partial charge on any atom is 0.180 e. The van der Waals surface area contributed by atoms with Crippen molar-refractivity contribution in [3.05, 3.63) is 53.5 Å². The lowest BCUT2D eigenvalue weighted by atomic mass is 10.1. The maximum atomic E-state index is 6.09. The normalized spacial score (nSPS) is 10.9. The number of nitrogens with zero attached hydrogens (tertiary/aromatic N) is 5. The second kappa shape index (κ2) is 4.70. The Morgan fingerprint density at radius 2 is 2.00 bits per heavy atom. The van der Waals surface area contributed by atoms with Crippen molar-refractivity contribution in [3.63, 3.8) is 0 Å². The third-order valence-electron chi connectivity index (χ3n) is 2.70. The Morgan fingerprint density at radius 3 is 2.83 bits per heavy atom. The lowest BCUT2D eigenvalue weighted by Gasteiger charge is -2.01. The van der Waals surface area contributed by atoms with Gasteiger partial charge in [0.1, 0.15) is 11.0 Å². The van der Waals surface area contributed by atoms with E-state index in [-0.39, 0.29) is 0 Å². The third-order valence-corrected chi connectivity index (χ3v) is 2.97. The molecule has 5 nitrogen and oxygen atoms in total. The van der Waals surface area contributed by atoms with E-state index in [1.807, 2.05) is 22.7 Å². The summed E-state index contributed by atoms with van der Waals surface area (Å²) < 4.78 is 1.81. The molecule has 0 atom stereocenters. The molecule has 3 aromatic heterocycles. The van der Waals surface area contributed by atoms with E-state index in [0.29, 0.717) is 10.8 Å². The van der Waals surface area contributed by atoms with Crippen LogP contribution in [0.4, 0.5) is 0 Å². The van der Waals surface area contributed by atoms with Crippen LogP contribution in [0.1, 0.15) is 11.4 Å². The molecule has 0 spiro atoms. The van der Waals surface area contributed by atoms with E-state index in [0.717, 1.165) is 18.7 Å². The van der Waals surface area contributed by atoms with E-state index in [1.165, 1.54) is 5.56 Å². The number of rotatable bonds is 3. The molecule has 6 heteroatoms. The summed E-state index contributed by atoms with van der Waals surface area (Å²) in [5.41, 5.74) is 1.84. The van der Waals surface area contributed by atoms with E-state index in [9.17, 15) is 0 Å². The number of hydrogen-bond donors (Lipinski definition) is 0. The first-order valence-corrected chi connectivity index (χ1v) is 5.95. The lowest BCUT2D eigenvalue weighted by Crippen LogP contribution is -1.99. The highest BCUT2D eigenvalue weighted by atomic mass is 35.5. The van der Waals surface area contributed by atoms with Gasteiger partial charge in [-0.1, -0.05) is 17.7 Å². The van der Waals surface area contributed by atoms with Gasteiger partial charge in [0.05, 0.1) is 12.4 Å². The van der Waals surface area contributed by atoms with E-state index in [1.54, 1.807) is 18.6 Å². The summed E-state index contributed by atoms with van der Waals surface area (Å²) in [7, 11) is 0. The molecule has 0 aliphatic carbocycles. The standard InChI is InChI=1S/C12H10ClN5/c13-10-7-15-8-12-17-16-11(18(10)12)4-3-9-2-1-5-14-6-9/h1-2,5-8H,3-4H2. The molecule has 3 heterocycles. The van der Waals surface area contributed by atoms with E-state index >= 15 is 0 Å². The molecule has 90 valence electrons. The Balaban J connectivity index is 1.87. The molecule has 0 aliphatic heterocycles. The summed E-state index contributed by atoms with van der Waals surface area (Å²) in [6.07, 6.45) is 8.46. The molecule has 0 saturated heterocycles. The fourth-order valence-electron chi connectivity index (χ4n) is 1.83. The molecule has 0 fully saturated rings. The zero-order valence-corrected chi connectivity index (χ0v) is 10.2. The van der Waals surface area contributed by atoms with Gasteiger partial charge in [0.15, 0.2) is 5.65 Å². The van der Waals surface area contributed by atoms with Gasteiger partial charge in [0, 0.05) is 18.8 Å². The van der Waals surface area contributed by atoms with Crippen LogP contribution in [0.2, 0.25) is 5.15 Å². The molecule has 0 bridgehead atoms. The first-order chi connectivity index (χ1) is 8.84. The minimum absolute atomic E-state index is 0.527. The molecule has 0 N–H and O–H groups in total. The van der Waals surface area contributed by atoms with Gasteiger partial charge < -0.3 is 0 Å². The van der Waals surface area contributed by atoms with Crippen LogP contribution in [0.5, 0.6) is 0 Å². The van der Waals surface area contributed by atoms with Gasteiger partial charge in [0.25, 0.3) is 0 Å². The monoisotopic (exact) mass is 259 g/mol. The van der Waals surface area contributed by atoms with Crippen molar-refractivity contribution in [3.8, 4) is 0 Å². The first kappa shape index (κ1) is 11.1. The van der Waals surface area contributed by atoms with Crippen molar-refractivity contribution in [1.29, 1.82) is 0 Å². The molecular formula is C12H10ClN5. The number of aryl methyl sites for hydroxylation is 2.